The van der Waals surface area contributed by atoms with E-state index in [4.69, 9.17) is 4.74 Å². The molecule has 4 rings (SSSR count). The Morgan fingerprint density at radius 1 is 1.22 bits per heavy atom. The molecule has 0 spiro atoms. The molecule has 1 aromatic heterocycles. The van der Waals surface area contributed by atoms with Gasteiger partial charge in [0, 0.05) is 23.4 Å². The fourth-order valence-electron chi connectivity index (χ4n) is 3.39. The van der Waals surface area contributed by atoms with Crippen molar-refractivity contribution in [2.75, 3.05) is 11.9 Å². The van der Waals surface area contributed by atoms with Crippen molar-refractivity contribution in [3.8, 4) is 11.4 Å². The number of aryl methyl sites for hydroxylation is 1. The molecule has 1 aliphatic heterocycles. The molecule has 0 unspecified atom stereocenters. The Morgan fingerprint density at radius 2 is 2.00 bits per heavy atom. The predicted molar refractivity (Wildman–Crippen MR) is 101 cm³/mol. The quantitative estimate of drug-likeness (QED) is 0.766. The van der Waals surface area contributed by atoms with Crippen LogP contribution in [0.1, 0.15) is 22.5 Å². The van der Waals surface area contributed by atoms with Crippen molar-refractivity contribution in [1.29, 1.82) is 0 Å². The molecule has 1 N–H and O–H groups in total. The number of benzene rings is 2. The standard InChI is InChI=1S/C21H20FN3O2/c1-13-19(14(2)25(24-13)18-6-3-16(22)4-7-18)12-21(26)23-17-5-8-20-15(11-17)9-10-27-20/h3-8,11H,9-10,12H2,1-2H3,(H,23,26). The number of amides is 1. The number of rotatable bonds is 4. The highest BCUT2D eigenvalue weighted by Gasteiger charge is 2.17. The highest BCUT2D eigenvalue weighted by molar-refractivity contribution is 5.92. The SMILES string of the molecule is Cc1nn(-c2ccc(F)cc2)c(C)c1CC(=O)Nc1ccc2c(c1)CCO2. The lowest BCUT2D eigenvalue weighted by molar-refractivity contribution is -0.115. The maximum atomic E-state index is 13.2. The second kappa shape index (κ2) is 6.87. The Labute approximate surface area is 156 Å². The fourth-order valence-corrected chi connectivity index (χ4v) is 3.39. The largest absolute Gasteiger partial charge is 0.493 e. The summed E-state index contributed by atoms with van der Waals surface area (Å²) >= 11 is 0. The number of fused-ring (bicyclic) bond motifs is 1. The fraction of sp³-hybridized carbons (Fsp3) is 0.238. The zero-order valence-electron chi connectivity index (χ0n) is 15.3. The predicted octanol–water partition coefficient (Wildman–Crippen LogP) is 3.74. The number of aromatic nitrogens is 2. The van der Waals surface area contributed by atoms with Crippen LogP contribution in [0, 0.1) is 19.7 Å². The zero-order chi connectivity index (χ0) is 19.0. The van der Waals surface area contributed by atoms with E-state index in [-0.39, 0.29) is 18.1 Å². The molecule has 2 heterocycles. The zero-order valence-corrected chi connectivity index (χ0v) is 15.3. The van der Waals surface area contributed by atoms with Crippen LogP contribution in [0.2, 0.25) is 0 Å². The summed E-state index contributed by atoms with van der Waals surface area (Å²) in [5.41, 5.74) is 5.18. The van der Waals surface area contributed by atoms with Gasteiger partial charge < -0.3 is 10.1 Å². The van der Waals surface area contributed by atoms with Crippen molar-refractivity contribution in [2.45, 2.75) is 26.7 Å². The van der Waals surface area contributed by atoms with Crippen LogP contribution in [-0.2, 0) is 17.6 Å². The van der Waals surface area contributed by atoms with Gasteiger partial charge >= 0.3 is 0 Å². The monoisotopic (exact) mass is 365 g/mol. The van der Waals surface area contributed by atoms with Crippen LogP contribution in [0.3, 0.4) is 0 Å². The third kappa shape index (κ3) is 3.43. The summed E-state index contributed by atoms with van der Waals surface area (Å²) in [7, 11) is 0. The molecule has 2 aromatic carbocycles. The molecule has 0 bridgehead atoms. The van der Waals surface area contributed by atoms with Crippen LogP contribution in [0.5, 0.6) is 5.75 Å². The topological polar surface area (TPSA) is 56.2 Å². The van der Waals surface area contributed by atoms with E-state index in [0.717, 1.165) is 46.1 Å². The van der Waals surface area contributed by atoms with Gasteiger partial charge in [0.1, 0.15) is 11.6 Å². The van der Waals surface area contributed by atoms with E-state index in [2.05, 4.69) is 10.4 Å². The second-order valence-electron chi connectivity index (χ2n) is 6.68. The molecule has 27 heavy (non-hydrogen) atoms. The van der Waals surface area contributed by atoms with Crippen molar-refractivity contribution in [2.24, 2.45) is 0 Å². The summed E-state index contributed by atoms with van der Waals surface area (Å²) in [6.45, 7) is 4.48. The van der Waals surface area contributed by atoms with Crippen LogP contribution >= 0.6 is 0 Å². The number of nitrogens with zero attached hydrogens (tertiary/aromatic N) is 2. The number of carbonyl (C=O) groups is 1. The molecule has 1 aliphatic rings. The van der Waals surface area contributed by atoms with E-state index in [1.807, 2.05) is 32.0 Å². The molecule has 0 aliphatic carbocycles. The van der Waals surface area contributed by atoms with Crippen molar-refractivity contribution in [1.82, 2.24) is 9.78 Å². The van der Waals surface area contributed by atoms with Gasteiger partial charge in [0.25, 0.3) is 0 Å². The molecular weight excluding hydrogens is 345 g/mol. The number of halogens is 1. The lowest BCUT2D eigenvalue weighted by Gasteiger charge is -2.08. The summed E-state index contributed by atoms with van der Waals surface area (Å²) in [6, 6.07) is 11.8. The van der Waals surface area contributed by atoms with Gasteiger partial charge in [-0.3, -0.25) is 4.79 Å². The molecular formula is C21H20FN3O2. The highest BCUT2D eigenvalue weighted by atomic mass is 19.1. The molecule has 0 atom stereocenters. The van der Waals surface area contributed by atoms with Crippen molar-refractivity contribution >= 4 is 11.6 Å². The minimum Gasteiger partial charge on any atom is -0.493 e. The van der Waals surface area contributed by atoms with E-state index in [9.17, 15) is 9.18 Å². The van der Waals surface area contributed by atoms with Gasteiger partial charge in [0.15, 0.2) is 0 Å². The van der Waals surface area contributed by atoms with Crippen LogP contribution in [0.4, 0.5) is 10.1 Å². The summed E-state index contributed by atoms with van der Waals surface area (Å²) in [5.74, 6) is 0.499. The van der Waals surface area contributed by atoms with Gasteiger partial charge in [-0.05, 0) is 61.9 Å². The Balaban J connectivity index is 1.52. The normalized spacial score (nSPS) is 12.6. The molecule has 138 valence electrons. The molecule has 5 nitrogen and oxygen atoms in total. The Kier molecular flexibility index (Phi) is 4.39. The lowest BCUT2D eigenvalue weighted by Crippen LogP contribution is -2.15. The maximum absolute atomic E-state index is 13.2. The first kappa shape index (κ1) is 17.3. The molecule has 0 saturated heterocycles. The second-order valence-corrected chi connectivity index (χ2v) is 6.68. The summed E-state index contributed by atoms with van der Waals surface area (Å²) in [4.78, 5) is 12.5. The van der Waals surface area contributed by atoms with Crippen molar-refractivity contribution < 1.29 is 13.9 Å². The Morgan fingerprint density at radius 3 is 2.78 bits per heavy atom. The average Bonchev–Trinajstić information content (AvgIpc) is 3.22. The van der Waals surface area contributed by atoms with Gasteiger partial charge in [-0.15, -0.1) is 0 Å². The average molecular weight is 365 g/mol. The van der Waals surface area contributed by atoms with E-state index in [0.29, 0.717) is 6.61 Å². The molecule has 1 amide bonds. The third-order valence-corrected chi connectivity index (χ3v) is 4.82. The minimum absolute atomic E-state index is 0.0984. The summed E-state index contributed by atoms with van der Waals surface area (Å²) in [6.07, 6.45) is 1.09. The van der Waals surface area contributed by atoms with Gasteiger partial charge in [-0.25, -0.2) is 9.07 Å². The molecule has 0 fully saturated rings. The first-order valence-electron chi connectivity index (χ1n) is 8.88. The van der Waals surface area contributed by atoms with Crippen molar-refractivity contribution in [3.05, 3.63) is 70.8 Å². The third-order valence-electron chi connectivity index (χ3n) is 4.82. The maximum Gasteiger partial charge on any atom is 0.228 e. The smallest absolute Gasteiger partial charge is 0.228 e. The molecule has 3 aromatic rings. The van der Waals surface area contributed by atoms with Crippen LogP contribution in [-0.4, -0.2) is 22.3 Å². The number of anilines is 1. The first-order chi connectivity index (χ1) is 13.0. The number of hydrogen-bond acceptors (Lipinski definition) is 3. The van der Waals surface area contributed by atoms with Crippen LogP contribution in [0.25, 0.3) is 5.69 Å². The molecule has 0 radical (unpaired) electrons. The number of nitrogens with one attached hydrogen (secondary N) is 1. The van der Waals surface area contributed by atoms with Crippen molar-refractivity contribution in [3.63, 3.8) is 0 Å². The summed E-state index contributed by atoms with van der Waals surface area (Å²) < 4.78 is 20.4. The van der Waals surface area contributed by atoms with E-state index in [1.165, 1.54) is 12.1 Å². The number of carbonyl (C=O) groups excluding carboxylic acids is 1. The van der Waals surface area contributed by atoms with Gasteiger partial charge in [-0.2, -0.15) is 5.10 Å². The Bertz CT molecular complexity index is 1010. The van der Waals surface area contributed by atoms with Crippen LogP contribution < -0.4 is 10.1 Å². The highest BCUT2D eigenvalue weighted by Crippen LogP contribution is 2.28. The summed E-state index contributed by atoms with van der Waals surface area (Å²) in [5, 5.41) is 7.47. The number of hydrogen-bond donors (Lipinski definition) is 1. The number of ether oxygens (including phenoxy) is 1. The lowest BCUT2D eigenvalue weighted by atomic mass is 10.1. The Hall–Kier alpha value is -3.15. The van der Waals surface area contributed by atoms with Gasteiger partial charge in [0.05, 0.1) is 24.4 Å². The van der Waals surface area contributed by atoms with Gasteiger partial charge in [-0.1, -0.05) is 0 Å². The van der Waals surface area contributed by atoms with E-state index in [1.54, 1.807) is 16.8 Å². The minimum atomic E-state index is -0.292. The first-order valence-corrected chi connectivity index (χ1v) is 8.88. The molecule has 6 heteroatoms. The molecule has 0 saturated carbocycles. The van der Waals surface area contributed by atoms with E-state index < -0.39 is 0 Å². The van der Waals surface area contributed by atoms with E-state index >= 15 is 0 Å². The van der Waals surface area contributed by atoms with Gasteiger partial charge in [0.2, 0.25) is 5.91 Å². The van der Waals surface area contributed by atoms with Crippen LogP contribution in [0.15, 0.2) is 42.5 Å².